The minimum atomic E-state index is -1.17. The average molecular weight is 165 g/mol. The highest BCUT2D eigenvalue weighted by atomic mass is 16.5. The van der Waals surface area contributed by atoms with Crippen LogP contribution in [0.25, 0.3) is 11.0 Å². The van der Waals surface area contributed by atoms with Crippen LogP contribution in [-0.2, 0) is 0 Å². The van der Waals surface area contributed by atoms with Crippen LogP contribution in [-0.4, -0.2) is 26.2 Å². The smallest absolute Gasteiger partial charge is 0.375 e. The summed E-state index contributed by atoms with van der Waals surface area (Å²) in [6.45, 7) is 0. The van der Waals surface area contributed by atoms with E-state index in [2.05, 4.69) is 19.6 Å². The first-order valence-electron chi connectivity index (χ1n) is 3.07. The summed E-state index contributed by atoms with van der Waals surface area (Å²) in [7, 11) is 0. The van der Waals surface area contributed by atoms with E-state index < -0.39 is 5.97 Å². The van der Waals surface area contributed by atoms with Gasteiger partial charge in [0, 0.05) is 6.20 Å². The first kappa shape index (κ1) is 6.71. The van der Waals surface area contributed by atoms with Gasteiger partial charge in [0.2, 0.25) is 5.65 Å². The van der Waals surface area contributed by atoms with Gasteiger partial charge in [-0.1, -0.05) is 5.16 Å². The Morgan fingerprint density at radius 2 is 2.42 bits per heavy atom. The van der Waals surface area contributed by atoms with E-state index in [1.54, 1.807) is 0 Å². The molecule has 60 valence electrons. The standard InChI is InChI=1S/C6H3N3O3/c10-6(11)4-3-1-7-2-8-5(3)9-12-4/h1-2H,(H,10,11). The van der Waals surface area contributed by atoms with Gasteiger partial charge in [-0.15, -0.1) is 0 Å². The van der Waals surface area contributed by atoms with Crippen molar-refractivity contribution in [2.75, 3.05) is 0 Å². The third-order valence-corrected chi connectivity index (χ3v) is 1.35. The van der Waals surface area contributed by atoms with Crippen LogP contribution in [0.15, 0.2) is 17.0 Å². The van der Waals surface area contributed by atoms with Gasteiger partial charge >= 0.3 is 5.97 Å². The molecule has 0 saturated carbocycles. The summed E-state index contributed by atoms with van der Waals surface area (Å²) >= 11 is 0. The van der Waals surface area contributed by atoms with Gasteiger partial charge in [-0.2, -0.15) is 0 Å². The number of aromatic nitrogens is 3. The Morgan fingerprint density at radius 1 is 1.58 bits per heavy atom. The van der Waals surface area contributed by atoms with E-state index >= 15 is 0 Å². The quantitative estimate of drug-likeness (QED) is 0.654. The molecule has 0 aromatic carbocycles. The van der Waals surface area contributed by atoms with Crippen LogP contribution in [0.4, 0.5) is 0 Å². The molecule has 0 aliphatic rings. The van der Waals surface area contributed by atoms with E-state index in [1.807, 2.05) is 0 Å². The highest BCUT2D eigenvalue weighted by Crippen LogP contribution is 2.13. The van der Waals surface area contributed by atoms with Crippen molar-refractivity contribution in [3.05, 3.63) is 18.3 Å². The van der Waals surface area contributed by atoms with Gasteiger partial charge in [-0.3, -0.25) is 0 Å². The number of fused-ring (bicyclic) bond motifs is 1. The van der Waals surface area contributed by atoms with Gasteiger partial charge < -0.3 is 9.63 Å². The van der Waals surface area contributed by atoms with Crippen molar-refractivity contribution in [2.24, 2.45) is 0 Å². The normalized spacial score (nSPS) is 10.3. The molecule has 0 spiro atoms. The fourth-order valence-corrected chi connectivity index (χ4v) is 0.848. The summed E-state index contributed by atoms with van der Waals surface area (Å²) in [5, 5.41) is 12.3. The topological polar surface area (TPSA) is 89.1 Å². The summed E-state index contributed by atoms with van der Waals surface area (Å²) in [4.78, 5) is 17.8. The van der Waals surface area contributed by atoms with Crippen molar-refractivity contribution in [1.29, 1.82) is 0 Å². The average Bonchev–Trinajstić information content (AvgIpc) is 2.47. The largest absolute Gasteiger partial charge is 0.475 e. The summed E-state index contributed by atoms with van der Waals surface area (Å²) in [6, 6.07) is 0. The molecule has 1 N–H and O–H groups in total. The number of nitrogens with zero attached hydrogens (tertiary/aromatic N) is 3. The maximum absolute atomic E-state index is 10.5. The van der Waals surface area contributed by atoms with Gasteiger partial charge in [0.15, 0.2) is 0 Å². The fraction of sp³-hybridized carbons (Fsp3) is 0. The maximum atomic E-state index is 10.5. The molecule has 0 radical (unpaired) electrons. The van der Waals surface area contributed by atoms with Crippen molar-refractivity contribution < 1.29 is 14.4 Å². The number of carbonyl (C=O) groups is 1. The summed E-state index contributed by atoms with van der Waals surface area (Å²) in [5.41, 5.74) is 0.252. The minimum Gasteiger partial charge on any atom is -0.475 e. The molecular formula is C6H3N3O3. The van der Waals surface area contributed by atoms with Crippen LogP contribution in [0.1, 0.15) is 10.6 Å². The van der Waals surface area contributed by atoms with Crippen LogP contribution in [0.2, 0.25) is 0 Å². The molecule has 0 saturated heterocycles. The number of aromatic carboxylic acids is 1. The van der Waals surface area contributed by atoms with Gasteiger partial charge in [0.25, 0.3) is 5.76 Å². The molecule has 12 heavy (non-hydrogen) atoms. The molecule has 0 atom stereocenters. The molecule has 0 aliphatic carbocycles. The summed E-state index contributed by atoms with van der Waals surface area (Å²) in [5.74, 6) is -1.40. The first-order valence-corrected chi connectivity index (χ1v) is 3.07. The van der Waals surface area contributed by atoms with Gasteiger partial charge in [0.05, 0.1) is 5.39 Å². The lowest BCUT2D eigenvalue weighted by atomic mass is 10.3. The van der Waals surface area contributed by atoms with Crippen LogP contribution in [0.3, 0.4) is 0 Å². The summed E-state index contributed by atoms with van der Waals surface area (Å²) < 4.78 is 4.52. The number of hydrogen-bond donors (Lipinski definition) is 1. The van der Waals surface area contributed by atoms with E-state index in [1.165, 1.54) is 12.5 Å². The Morgan fingerprint density at radius 3 is 3.17 bits per heavy atom. The van der Waals surface area contributed by atoms with E-state index in [-0.39, 0.29) is 11.4 Å². The molecule has 0 unspecified atom stereocenters. The van der Waals surface area contributed by atoms with E-state index in [0.29, 0.717) is 5.39 Å². The Labute approximate surface area is 65.8 Å². The van der Waals surface area contributed by atoms with Crippen LogP contribution < -0.4 is 0 Å². The molecule has 0 amide bonds. The Kier molecular flexibility index (Phi) is 1.26. The third-order valence-electron chi connectivity index (χ3n) is 1.35. The lowest BCUT2D eigenvalue weighted by Gasteiger charge is -1.84. The van der Waals surface area contributed by atoms with Crippen LogP contribution in [0.5, 0.6) is 0 Å². The van der Waals surface area contributed by atoms with Crippen LogP contribution >= 0.6 is 0 Å². The first-order chi connectivity index (χ1) is 5.79. The Bertz CT molecular complexity index is 436. The summed E-state index contributed by atoms with van der Waals surface area (Å²) in [6.07, 6.45) is 2.62. The number of hydrogen-bond acceptors (Lipinski definition) is 5. The highest BCUT2D eigenvalue weighted by Gasteiger charge is 2.15. The van der Waals surface area contributed by atoms with Crippen molar-refractivity contribution in [1.82, 2.24) is 15.1 Å². The van der Waals surface area contributed by atoms with Gasteiger partial charge in [-0.05, 0) is 0 Å². The molecular weight excluding hydrogens is 162 g/mol. The Balaban J connectivity index is 2.79. The SMILES string of the molecule is O=C(O)c1onc2ncncc12. The monoisotopic (exact) mass is 165 g/mol. The van der Waals surface area contributed by atoms with Gasteiger partial charge in [-0.25, -0.2) is 14.8 Å². The van der Waals surface area contributed by atoms with Crippen molar-refractivity contribution in [3.63, 3.8) is 0 Å². The minimum absolute atomic E-state index is 0.231. The van der Waals surface area contributed by atoms with Crippen LogP contribution in [0, 0.1) is 0 Å². The van der Waals surface area contributed by atoms with Gasteiger partial charge in [0.1, 0.15) is 6.33 Å². The highest BCUT2D eigenvalue weighted by molar-refractivity contribution is 5.98. The second kappa shape index (κ2) is 2.26. The predicted octanol–water partition coefficient (Wildman–Crippen LogP) is 0.316. The second-order valence-corrected chi connectivity index (χ2v) is 2.08. The lowest BCUT2D eigenvalue weighted by Crippen LogP contribution is -1.93. The van der Waals surface area contributed by atoms with E-state index in [9.17, 15) is 4.79 Å². The second-order valence-electron chi connectivity index (χ2n) is 2.08. The zero-order valence-electron chi connectivity index (χ0n) is 5.76. The number of carboxylic acids is 1. The molecule has 6 nitrogen and oxygen atoms in total. The molecule has 2 aromatic rings. The third kappa shape index (κ3) is 0.815. The Hall–Kier alpha value is -1.98. The maximum Gasteiger partial charge on any atom is 0.375 e. The predicted molar refractivity (Wildman–Crippen MR) is 36.6 cm³/mol. The molecule has 0 fully saturated rings. The molecule has 2 heterocycles. The fourth-order valence-electron chi connectivity index (χ4n) is 0.848. The zero-order valence-corrected chi connectivity index (χ0v) is 5.76. The lowest BCUT2D eigenvalue weighted by molar-refractivity contribution is 0.0655. The molecule has 2 rings (SSSR count). The molecule has 0 aliphatic heterocycles. The number of carboxylic acid groups (broad SMARTS) is 1. The van der Waals surface area contributed by atoms with E-state index in [0.717, 1.165) is 0 Å². The van der Waals surface area contributed by atoms with Crippen molar-refractivity contribution >= 4 is 17.0 Å². The molecule has 0 bridgehead atoms. The van der Waals surface area contributed by atoms with E-state index in [4.69, 9.17) is 5.11 Å². The molecule has 6 heteroatoms. The zero-order chi connectivity index (χ0) is 8.55. The number of rotatable bonds is 1. The van der Waals surface area contributed by atoms with Crippen molar-refractivity contribution in [3.8, 4) is 0 Å². The van der Waals surface area contributed by atoms with Crippen molar-refractivity contribution in [2.45, 2.75) is 0 Å². The molecule has 2 aromatic heterocycles.